The molecule has 1 aromatic carbocycles. The van der Waals surface area contributed by atoms with Gasteiger partial charge >= 0.3 is 12.5 Å². The van der Waals surface area contributed by atoms with Crippen LogP contribution in [0.1, 0.15) is 47.9 Å². The van der Waals surface area contributed by atoms with Crippen LogP contribution in [0.15, 0.2) is 40.6 Å². The summed E-state index contributed by atoms with van der Waals surface area (Å²) in [6.07, 6.45) is 0.428. The number of ether oxygens (including phenoxy) is 1. The lowest BCUT2D eigenvalue weighted by molar-refractivity contribution is 0.0234. The molecule has 7 nitrogen and oxygen atoms in total. The Hall–Kier alpha value is -2.37. The quantitative estimate of drug-likeness (QED) is 0.521. The molecular weight excluding hydrogens is 436 g/mol. The molecule has 1 saturated heterocycles. The van der Waals surface area contributed by atoms with E-state index in [0.29, 0.717) is 23.2 Å². The molecule has 4 rings (SSSR count). The Balaban J connectivity index is 1.62. The normalized spacial score (nSPS) is 16.4. The molecule has 1 atom stereocenters. The summed E-state index contributed by atoms with van der Waals surface area (Å²) in [6.45, 7) is -0.634. The maximum absolute atomic E-state index is 13.7. The second kappa shape index (κ2) is 8.05. The number of carbonyl (C=O) groups is 1. The lowest BCUT2D eigenvalue weighted by atomic mass is 10.3. The minimum atomic E-state index is -3.81. The molecule has 1 aliphatic rings. The molecule has 0 aliphatic carbocycles. The molecule has 1 unspecified atom stereocenters. The van der Waals surface area contributed by atoms with Crippen molar-refractivity contribution in [3.8, 4) is 0 Å². The van der Waals surface area contributed by atoms with E-state index in [9.17, 15) is 22.0 Å². The molecule has 1 aliphatic heterocycles. The average Bonchev–Trinajstić information content (AvgIpc) is 3.46. The third-order valence-electron chi connectivity index (χ3n) is 4.96. The van der Waals surface area contributed by atoms with Gasteiger partial charge in [0.05, 0.1) is 11.0 Å². The molecule has 1 fully saturated rings. The third-order valence-corrected chi connectivity index (χ3v) is 7.93. The molecule has 0 bridgehead atoms. The van der Waals surface area contributed by atoms with E-state index in [1.165, 1.54) is 28.7 Å². The molecule has 3 aromatic rings. The molecule has 0 amide bonds. The summed E-state index contributed by atoms with van der Waals surface area (Å²) in [5.41, 5.74) is 0.572. The number of sulfonamides is 1. The average molecular weight is 456 g/mol. The number of rotatable bonds is 6. The van der Waals surface area contributed by atoms with Crippen LogP contribution in [0.5, 0.6) is 0 Å². The van der Waals surface area contributed by atoms with E-state index in [1.807, 2.05) is 0 Å². The predicted molar refractivity (Wildman–Crippen MR) is 107 cm³/mol. The highest BCUT2D eigenvalue weighted by Gasteiger charge is 2.33. The first-order valence-corrected chi connectivity index (χ1v) is 11.7. The number of thiophene rings is 1. The summed E-state index contributed by atoms with van der Waals surface area (Å²) in [6, 6.07) is 7.75. The maximum Gasteiger partial charge on any atom is 0.350 e. The molecule has 3 heterocycles. The monoisotopic (exact) mass is 455 g/mol. The first kappa shape index (κ1) is 20.9. The first-order chi connectivity index (χ1) is 14.3. The van der Waals surface area contributed by atoms with Crippen molar-refractivity contribution < 1.29 is 26.7 Å². The van der Waals surface area contributed by atoms with Crippen LogP contribution in [0.2, 0.25) is 0 Å². The Kier molecular flexibility index (Phi) is 5.60. The van der Waals surface area contributed by atoms with Crippen molar-refractivity contribution >= 4 is 38.4 Å². The van der Waals surface area contributed by atoms with Gasteiger partial charge in [0.1, 0.15) is 9.77 Å². The Bertz CT molecular complexity index is 1180. The van der Waals surface area contributed by atoms with E-state index >= 15 is 0 Å². The van der Waals surface area contributed by atoms with Crippen LogP contribution >= 0.6 is 11.3 Å². The van der Waals surface area contributed by atoms with E-state index in [1.54, 1.807) is 18.2 Å². The van der Waals surface area contributed by atoms with Crippen molar-refractivity contribution in [1.29, 1.82) is 0 Å². The van der Waals surface area contributed by atoms with Gasteiger partial charge in [-0.1, -0.05) is 12.1 Å². The lowest BCUT2D eigenvalue weighted by Gasteiger charge is -2.17. The summed E-state index contributed by atoms with van der Waals surface area (Å²) in [4.78, 5) is 16.7. The van der Waals surface area contributed by atoms with Gasteiger partial charge in [-0.3, -0.25) is 4.57 Å². The van der Waals surface area contributed by atoms with E-state index in [0.717, 1.165) is 24.2 Å². The maximum atomic E-state index is 13.7. The van der Waals surface area contributed by atoms with Gasteiger partial charge in [-0.2, -0.15) is 13.1 Å². The zero-order valence-corrected chi connectivity index (χ0v) is 17.6. The third kappa shape index (κ3) is 3.61. The number of fused-ring (bicyclic) bond motifs is 1. The number of halogens is 2. The van der Waals surface area contributed by atoms with Gasteiger partial charge in [-0.25, -0.2) is 18.2 Å². The number of benzene rings is 1. The lowest BCUT2D eigenvalue weighted by Crippen LogP contribution is -2.28. The van der Waals surface area contributed by atoms with Crippen LogP contribution in [0, 0.1) is 0 Å². The van der Waals surface area contributed by atoms with Crippen molar-refractivity contribution in [2.75, 3.05) is 13.1 Å². The van der Waals surface area contributed by atoms with Gasteiger partial charge in [0.15, 0.2) is 11.9 Å². The summed E-state index contributed by atoms with van der Waals surface area (Å²) in [5, 5.41) is 1.50. The number of alkyl halides is 2. The standard InChI is InChI=1S/C19H19F2N3O4S2/c1-12(17-22-13-6-2-3-7-14(13)24(17)19(20)21)28-18(25)16-15(8-11-29-16)30(26,27)23-9-4-5-10-23/h2-3,6-8,11-12,19H,4-5,9-10H2,1H3. The number of nitrogens with zero attached hydrogens (tertiary/aromatic N) is 3. The van der Waals surface area contributed by atoms with Crippen molar-refractivity contribution in [3.05, 3.63) is 46.4 Å². The molecule has 0 N–H and O–H groups in total. The smallest absolute Gasteiger partial charge is 0.350 e. The summed E-state index contributed by atoms with van der Waals surface area (Å²) < 4.78 is 60.4. The minimum absolute atomic E-state index is 0.0755. The minimum Gasteiger partial charge on any atom is -0.450 e. The summed E-state index contributed by atoms with van der Waals surface area (Å²) >= 11 is 0.940. The van der Waals surface area contributed by atoms with Gasteiger partial charge in [0.2, 0.25) is 10.0 Å². The van der Waals surface area contributed by atoms with Gasteiger partial charge in [-0.05, 0) is 43.3 Å². The molecule has 160 valence electrons. The Labute approximate surface area is 175 Å². The highest BCUT2D eigenvalue weighted by molar-refractivity contribution is 7.89. The van der Waals surface area contributed by atoms with Crippen molar-refractivity contribution in [1.82, 2.24) is 13.9 Å². The second-order valence-corrected chi connectivity index (χ2v) is 9.70. The molecule has 11 heteroatoms. The Morgan fingerprint density at radius 2 is 1.90 bits per heavy atom. The SMILES string of the molecule is CC(OC(=O)c1sccc1S(=O)(=O)N1CCCC1)c1nc2ccccc2n1C(F)F. The van der Waals surface area contributed by atoms with Crippen LogP contribution in [-0.2, 0) is 14.8 Å². The molecule has 0 spiro atoms. The molecule has 0 radical (unpaired) electrons. The highest BCUT2D eigenvalue weighted by Crippen LogP contribution is 2.32. The van der Waals surface area contributed by atoms with Gasteiger partial charge < -0.3 is 4.74 Å². The number of hydrogen-bond donors (Lipinski definition) is 0. The fourth-order valence-corrected chi connectivity index (χ4v) is 6.33. The summed E-state index contributed by atoms with van der Waals surface area (Å²) in [7, 11) is -3.81. The van der Waals surface area contributed by atoms with Crippen LogP contribution in [-0.4, -0.2) is 41.3 Å². The zero-order chi connectivity index (χ0) is 21.5. The van der Waals surface area contributed by atoms with Crippen LogP contribution in [0.3, 0.4) is 0 Å². The number of carbonyl (C=O) groups excluding carboxylic acids is 1. The molecule has 30 heavy (non-hydrogen) atoms. The van der Waals surface area contributed by atoms with Crippen LogP contribution in [0.4, 0.5) is 8.78 Å². The fraction of sp³-hybridized carbons (Fsp3) is 0.368. The highest BCUT2D eigenvalue weighted by atomic mass is 32.2. The number of hydrogen-bond acceptors (Lipinski definition) is 6. The van der Waals surface area contributed by atoms with Crippen LogP contribution in [0.25, 0.3) is 11.0 Å². The first-order valence-electron chi connectivity index (χ1n) is 9.34. The Morgan fingerprint density at radius 3 is 2.60 bits per heavy atom. The van der Waals surface area contributed by atoms with Gasteiger partial charge in [0, 0.05) is 13.1 Å². The fourth-order valence-electron chi connectivity index (χ4n) is 3.54. The predicted octanol–water partition coefficient (Wildman–Crippen LogP) is 4.20. The van der Waals surface area contributed by atoms with Gasteiger partial charge in [0.25, 0.3) is 0 Å². The van der Waals surface area contributed by atoms with E-state index in [4.69, 9.17) is 4.74 Å². The largest absolute Gasteiger partial charge is 0.450 e. The number of aromatic nitrogens is 2. The number of para-hydroxylation sites is 2. The number of imidazole rings is 1. The van der Waals surface area contributed by atoms with Crippen LogP contribution < -0.4 is 0 Å². The molecule has 2 aromatic heterocycles. The van der Waals surface area contributed by atoms with Crippen molar-refractivity contribution in [2.45, 2.75) is 37.3 Å². The van der Waals surface area contributed by atoms with Crippen molar-refractivity contribution in [2.24, 2.45) is 0 Å². The van der Waals surface area contributed by atoms with E-state index in [-0.39, 0.29) is 21.1 Å². The molecular formula is C19H19F2N3O4S2. The molecule has 0 saturated carbocycles. The summed E-state index contributed by atoms with van der Waals surface area (Å²) in [5.74, 6) is -0.997. The zero-order valence-electron chi connectivity index (χ0n) is 16.0. The Morgan fingerprint density at radius 1 is 1.20 bits per heavy atom. The van der Waals surface area contributed by atoms with Gasteiger partial charge in [-0.15, -0.1) is 11.3 Å². The van der Waals surface area contributed by atoms with E-state index < -0.39 is 28.6 Å². The topological polar surface area (TPSA) is 81.5 Å². The number of esters is 1. The van der Waals surface area contributed by atoms with E-state index in [2.05, 4.69) is 4.98 Å². The second-order valence-electron chi connectivity index (χ2n) is 6.88. The van der Waals surface area contributed by atoms with Crippen molar-refractivity contribution in [3.63, 3.8) is 0 Å².